The zero-order valence-electron chi connectivity index (χ0n) is 11.2. The Morgan fingerprint density at radius 2 is 2.24 bits per heavy atom. The van der Waals surface area contributed by atoms with Crippen molar-refractivity contribution in [3.63, 3.8) is 0 Å². The van der Waals surface area contributed by atoms with Gasteiger partial charge in [0.2, 0.25) is 0 Å². The van der Waals surface area contributed by atoms with Gasteiger partial charge in [-0.2, -0.15) is 0 Å². The summed E-state index contributed by atoms with van der Waals surface area (Å²) in [6, 6.07) is 0.688. The smallest absolute Gasteiger partial charge is 0.107 e. The van der Waals surface area contributed by atoms with E-state index < -0.39 is 0 Å². The summed E-state index contributed by atoms with van der Waals surface area (Å²) < 4.78 is 0. The minimum Gasteiger partial charge on any atom is -0.307 e. The molecule has 1 aromatic rings. The van der Waals surface area contributed by atoms with Crippen molar-refractivity contribution in [3.05, 3.63) is 16.1 Å². The van der Waals surface area contributed by atoms with Gasteiger partial charge in [-0.1, -0.05) is 33.6 Å². The van der Waals surface area contributed by atoms with Crippen LogP contribution in [0.4, 0.5) is 0 Å². The van der Waals surface area contributed by atoms with Gasteiger partial charge >= 0.3 is 0 Å². The molecule has 1 aliphatic rings. The molecule has 0 amide bonds. The van der Waals surface area contributed by atoms with E-state index in [1.807, 2.05) is 17.5 Å². The summed E-state index contributed by atoms with van der Waals surface area (Å²) in [6.45, 7) is 7.92. The van der Waals surface area contributed by atoms with Crippen LogP contribution in [0, 0.1) is 11.8 Å². The van der Waals surface area contributed by atoms with E-state index in [4.69, 9.17) is 0 Å². The highest BCUT2D eigenvalue weighted by atomic mass is 32.1. The summed E-state index contributed by atoms with van der Waals surface area (Å²) in [5, 5.41) is 4.95. The van der Waals surface area contributed by atoms with Crippen LogP contribution in [0.5, 0.6) is 0 Å². The molecule has 1 N–H and O–H groups in total. The SMILES string of the molecule is CCc1cnc(CNC2CCCC(C)C2C)s1. The van der Waals surface area contributed by atoms with Gasteiger partial charge in [-0.15, -0.1) is 11.3 Å². The van der Waals surface area contributed by atoms with Gasteiger partial charge in [0.15, 0.2) is 0 Å². The van der Waals surface area contributed by atoms with Crippen LogP contribution in [0.25, 0.3) is 0 Å². The lowest BCUT2D eigenvalue weighted by molar-refractivity contribution is 0.206. The number of nitrogens with one attached hydrogen (secondary N) is 1. The fourth-order valence-electron chi connectivity index (χ4n) is 2.68. The molecule has 96 valence electrons. The first-order valence-corrected chi connectivity index (χ1v) is 7.69. The van der Waals surface area contributed by atoms with Gasteiger partial charge in [0.1, 0.15) is 5.01 Å². The molecular weight excluding hydrogens is 228 g/mol. The summed E-state index contributed by atoms with van der Waals surface area (Å²) in [5.41, 5.74) is 0. The van der Waals surface area contributed by atoms with Crippen molar-refractivity contribution in [1.82, 2.24) is 10.3 Å². The third-order valence-corrected chi connectivity index (χ3v) is 5.31. The van der Waals surface area contributed by atoms with Crippen LogP contribution in [-0.2, 0) is 13.0 Å². The monoisotopic (exact) mass is 252 g/mol. The minimum atomic E-state index is 0.688. The Bertz CT molecular complexity index is 348. The van der Waals surface area contributed by atoms with E-state index in [1.54, 1.807) is 0 Å². The van der Waals surface area contributed by atoms with Crippen LogP contribution in [0.2, 0.25) is 0 Å². The predicted octanol–water partition coefficient (Wildman–Crippen LogP) is 3.62. The molecule has 1 aliphatic carbocycles. The molecule has 17 heavy (non-hydrogen) atoms. The van der Waals surface area contributed by atoms with Crippen LogP contribution in [0.3, 0.4) is 0 Å². The van der Waals surface area contributed by atoms with Crippen LogP contribution in [0.1, 0.15) is 49.9 Å². The Labute approximate surface area is 109 Å². The molecule has 1 saturated carbocycles. The largest absolute Gasteiger partial charge is 0.307 e. The van der Waals surface area contributed by atoms with Gasteiger partial charge < -0.3 is 5.32 Å². The van der Waals surface area contributed by atoms with Crippen molar-refractivity contribution in [2.75, 3.05) is 0 Å². The Morgan fingerprint density at radius 3 is 2.94 bits per heavy atom. The summed E-state index contributed by atoms with van der Waals surface area (Å²) >= 11 is 1.85. The second-order valence-corrected chi connectivity index (χ2v) is 6.53. The molecule has 1 heterocycles. The van der Waals surface area contributed by atoms with E-state index in [0.717, 1.165) is 24.8 Å². The molecule has 0 aromatic carbocycles. The topological polar surface area (TPSA) is 24.9 Å². The average Bonchev–Trinajstić information content (AvgIpc) is 2.79. The molecule has 1 aromatic heterocycles. The highest BCUT2D eigenvalue weighted by Crippen LogP contribution is 2.29. The number of hydrogen-bond acceptors (Lipinski definition) is 3. The van der Waals surface area contributed by atoms with Gasteiger partial charge in [0.05, 0.1) is 0 Å². The Kier molecular flexibility index (Phi) is 4.57. The number of thiazole rings is 1. The van der Waals surface area contributed by atoms with Crippen molar-refractivity contribution in [2.24, 2.45) is 11.8 Å². The van der Waals surface area contributed by atoms with Crippen molar-refractivity contribution in [2.45, 2.75) is 59.0 Å². The molecule has 0 aliphatic heterocycles. The summed E-state index contributed by atoms with van der Waals surface area (Å²) in [7, 11) is 0. The first kappa shape index (κ1) is 13.0. The maximum Gasteiger partial charge on any atom is 0.107 e. The van der Waals surface area contributed by atoms with Gasteiger partial charge in [0, 0.05) is 23.7 Å². The zero-order valence-corrected chi connectivity index (χ0v) is 12.0. The molecule has 1 fully saturated rings. The van der Waals surface area contributed by atoms with Crippen LogP contribution < -0.4 is 5.32 Å². The second-order valence-electron chi connectivity index (χ2n) is 5.33. The van der Waals surface area contributed by atoms with Crippen LogP contribution in [-0.4, -0.2) is 11.0 Å². The first-order valence-electron chi connectivity index (χ1n) is 6.87. The molecule has 0 bridgehead atoms. The van der Waals surface area contributed by atoms with E-state index in [-0.39, 0.29) is 0 Å². The number of aromatic nitrogens is 1. The first-order chi connectivity index (χ1) is 8.20. The fraction of sp³-hybridized carbons (Fsp3) is 0.786. The normalized spacial score (nSPS) is 29.5. The van der Waals surface area contributed by atoms with Crippen molar-refractivity contribution < 1.29 is 0 Å². The van der Waals surface area contributed by atoms with Crippen molar-refractivity contribution in [1.29, 1.82) is 0 Å². The van der Waals surface area contributed by atoms with E-state index in [0.29, 0.717) is 6.04 Å². The standard InChI is InChI=1S/C14H24N2S/c1-4-12-8-16-14(17-12)9-15-13-7-5-6-10(2)11(13)3/h8,10-11,13,15H,4-7,9H2,1-3H3. The molecule has 0 radical (unpaired) electrons. The predicted molar refractivity (Wildman–Crippen MR) is 74.3 cm³/mol. The van der Waals surface area contributed by atoms with Crippen LogP contribution >= 0.6 is 11.3 Å². The second kappa shape index (κ2) is 5.96. The summed E-state index contributed by atoms with van der Waals surface area (Å²) in [4.78, 5) is 5.87. The molecule has 2 nitrogen and oxygen atoms in total. The van der Waals surface area contributed by atoms with Gasteiger partial charge in [-0.05, 0) is 24.7 Å². The third-order valence-electron chi connectivity index (χ3n) is 4.17. The number of aryl methyl sites for hydroxylation is 1. The Balaban J connectivity index is 1.84. The van der Waals surface area contributed by atoms with Crippen molar-refractivity contribution >= 4 is 11.3 Å². The highest BCUT2D eigenvalue weighted by Gasteiger charge is 2.26. The molecule has 0 spiro atoms. The molecule has 3 unspecified atom stereocenters. The minimum absolute atomic E-state index is 0.688. The van der Waals surface area contributed by atoms with Crippen LogP contribution in [0.15, 0.2) is 6.20 Å². The molecule has 3 atom stereocenters. The third kappa shape index (κ3) is 3.29. The van der Waals surface area contributed by atoms with E-state index in [1.165, 1.54) is 29.1 Å². The molecule has 0 saturated heterocycles. The maximum atomic E-state index is 4.47. The van der Waals surface area contributed by atoms with E-state index in [9.17, 15) is 0 Å². The quantitative estimate of drug-likeness (QED) is 0.885. The van der Waals surface area contributed by atoms with Gasteiger partial charge in [0.25, 0.3) is 0 Å². The van der Waals surface area contributed by atoms with Gasteiger partial charge in [-0.3, -0.25) is 0 Å². The molecule has 2 rings (SSSR count). The Morgan fingerprint density at radius 1 is 1.41 bits per heavy atom. The summed E-state index contributed by atoms with van der Waals surface area (Å²) in [6.07, 6.45) is 7.23. The number of rotatable bonds is 4. The van der Waals surface area contributed by atoms with Crippen molar-refractivity contribution in [3.8, 4) is 0 Å². The zero-order chi connectivity index (χ0) is 12.3. The lowest BCUT2D eigenvalue weighted by Crippen LogP contribution is -2.40. The van der Waals surface area contributed by atoms with Gasteiger partial charge in [-0.25, -0.2) is 4.98 Å². The summed E-state index contributed by atoms with van der Waals surface area (Å²) in [5.74, 6) is 1.66. The molecular formula is C14H24N2S. The van der Waals surface area contributed by atoms with E-state index in [2.05, 4.69) is 31.1 Å². The highest BCUT2D eigenvalue weighted by molar-refractivity contribution is 7.11. The fourth-order valence-corrected chi connectivity index (χ4v) is 3.49. The number of nitrogens with zero attached hydrogens (tertiary/aromatic N) is 1. The average molecular weight is 252 g/mol. The lowest BCUT2D eigenvalue weighted by atomic mass is 9.78. The lowest BCUT2D eigenvalue weighted by Gasteiger charge is -2.34. The number of hydrogen-bond donors (Lipinski definition) is 1. The maximum absolute atomic E-state index is 4.47. The Hall–Kier alpha value is -0.410. The molecule has 3 heteroatoms. The van der Waals surface area contributed by atoms with E-state index >= 15 is 0 Å².